The summed E-state index contributed by atoms with van der Waals surface area (Å²) in [5, 5.41) is 10.0. The Kier molecular flexibility index (Phi) is 4.74. The van der Waals surface area contributed by atoms with E-state index in [0.29, 0.717) is 15.7 Å². The van der Waals surface area contributed by atoms with Crippen molar-refractivity contribution in [1.82, 2.24) is 19.5 Å². The maximum Gasteiger partial charge on any atom is 0.332 e. The second-order valence-corrected chi connectivity index (χ2v) is 7.06. The normalized spacial score (nSPS) is 11.0. The highest BCUT2D eigenvalue weighted by atomic mass is 79.9. The van der Waals surface area contributed by atoms with Gasteiger partial charge in [0.1, 0.15) is 11.3 Å². The number of nitrogens with two attached hydrogens (primary N) is 1. The Labute approximate surface area is 176 Å². The van der Waals surface area contributed by atoms with E-state index in [9.17, 15) is 19.1 Å². The fourth-order valence-corrected chi connectivity index (χ4v) is 3.42. The number of nitrogens with zero attached hydrogens (tertiary/aromatic N) is 3. The number of benzene rings is 2. The number of primary amides is 1. The highest BCUT2D eigenvalue weighted by Crippen LogP contribution is 2.38. The van der Waals surface area contributed by atoms with Gasteiger partial charge in [0.2, 0.25) is 0 Å². The Hall–Kier alpha value is -3.73. The molecule has 0 unspecified atom stereocenters. The van der Waals surface area contributed by atoms with Crippen molar-refractivity contribution in [2.75, 3.05) is 7.11 Å². The predicted molar refractivity (Wildman–Crippen MR) is 109 cm³/mol. The number of H-pyrrole nitrogens is 1. The molecule has 0 radical (unpaired) electrons. The second kappa shape index (κ2) is 7.26. The molecule has 0 aliphatic rings. The van der Waals surface area contributed by atoms with E-state index in [-0.39, 0.29) is 34.2 Å². The molecule has 0 bridgehead atoms. The van der Waals surface area contributed by atoms with E-state index in [2.05, 4.69) is 30.9 Å². The number of nitrogens with one attached hydrogen (secondary N) is 1. The lowest BCUT2D eigenvalue weighted by Crippen LogP contribution is -2.15. The van der Waals surface area contributed by atoms with Crippen LogP contribution in [0.4, 0.5) is 4.39 Å². The van der Waals surface area contributed by atoms with E-state index in [1.54, 1.807) is 0 Å². The number of ether oxygens (including phenoxy) is 1. The molecule has 0 aliphatic heterocycles. The van der Waals surface area contributed by atoms with Crippen molar-refractivity contribution in [2.24, 2.45) is 5.73 Å². The first-order valence-corrected chi connectivity index (χ1v) is 9.25. The Morgan fingerprint density at radius 2 is 1.97 bits per heavy atom. The molecule has 2 heterocycles. The van der Waals surface area contributed by atoms with Crippen LogP contribution < -0.4 is 16.2 Å². The van der Waals surface area contributed by atoms with Crippen LogP contribution in [0.3, 0.4) is 0 Å². The summed E-state index contributed by atoms with van der Waals surface area (Å²) in [4.78, 5) is 35.7. The van der Waals surface area contributed by atoms with Gasteiger partial charge in [-0.15, -0.1) is 0 Å². The van der Waals surface area contributed by atoms with Crippen LogP contribution in [-0.2, 0) is 0 Å². The van der Waals surface area contributed by atoms with Gasteiger partial charge in [-0.3, -0.25) is 4.79 Å². The molecule has 9 nitrogen and oxygen atoms in total. The summed E-state index contributed by atoms with van der Waals surface area (Å²) in [5.74, 6) is -1.26. The van der Waals surface area contributed by atoms with Crippen molar-refractivity contribution in [1.29, 1.82) is 0 Å². The third-order valence-electron chi connectivity index (χ3n) is 4.36. The van der Waals surface area contributed by atoms with Crippen molar-refractivity contribution in [2.45, 2.75) is 0 Å². The minimum Gasteiger partial charge on any atom is -0.503 e. The Morgan fingerprint density at radius 3 is 2.60 bits per heavy atom. The predicted octanol–water partition coefficient (Wildman–Crippen LogP) is 2.49. The summed E-state index contributed by atoms with van der Waals surface area (Å²) in [6.45, 7) is 0. The van der Waals surface area contributed by atoms with E-state index < -0.39 is 17.4 Å². The number of hydrogen-bond acceptors (Lipinski definition) is 6. The van der Waals surface area contributed by atoms with E-state index in [4.69, 9.17) is 10.5 Å². The number of phenolic OH excluding ortho intramolecular Hbond substituents is 1. The lowest BCUT2D eigenvalue weighted by atomic mass is 10.1. The standard InChI is InChI=1S/C19H13BrFN5O4/c1-30-12-7-8(6-11(20)15(12)27)17-23-13(16(22)28)14-18(25-17)26(19(29)24-14)10-4-2-9(21)3-5-10/h2-7,27H,1H3,(H2,22,28)(H,24,29). The smallest absolute Gasteiger partial charge is 0.332 e. The van der Waals surface area contributed by atoms with Crippen LogP contribution in [0.1, 0.15) is 10.5 Å². The number of rotatable bonds is 4. The van der Waals surface area contributed by atoms with Gasteiger partial charge in [-0.2, -0.15) is 0 Å². The van der Waals surface area contributed by atoms with Crippen LogP contribution in [0.2, 0.25) is 0 Å². The van der Waals surface area contributed by atoms with Crippen LogP contribution in [0, 0.1) is 5.82 Å². The number of carbonyl (C=O) groups excluding carboxylic acids is 1. The monoisotopic (exact) mass is 473 g/mol. The minimum atomic E-state index is -0.874. The lowest BCUT2D eigenvalue weighted by molar-refractivity contribution is 0.0997. The Balaban J connectivity index is 2.05. The van der Waals surface area contributed by atoms with Crippen LogP contribution in [0.5, 0.6) is 11.5 Å². The highest BCUT2D eigenvalue weighted by Gasteiger charge is 2.21. The number of fused-ring (bicyclic) bond motifs is 1. The van der Waals surface area contributed by atoms with Gasteiger partial charge in [0, 0.05) is 5.56 Å². The molecule has 1 amide bonds. The molecular weight excluding hydrogens is 461 g/mol. The molecule has 4 aromatic rings. The zero-order chi connectivity index (χ0) is 21.6. The third-order valence-corrected chi connectivity index (χ3v) is 4.97. The number of aromatic amines is 1. The van der Waals surface area contributed by atoms with Crippen molar-refractivity contribution < 1.29 is 19.0 Å². The summed E-state index contributed by atoms with van der Waals surface area (Å²) in [5.41, 5.74) is 5.51. The summed E-state index contributed by atoms with van der Waals surface area (Å²) in [6.07, 6.45) is 0. The zero-order valence-corrected chi connectivity index (χ0v) is 16.9. The highest BCUT2D eigenvalue weighted by molar-refractivity contribution is 9.10. The van der Waals surface area contributed by atoms with Crippen molar-refractivity contribution >= 4 is 33.0 Å². The van der Waals surface area contributed by atoms with Gasteiger partial charge >= 0.3 is 5.69 Å². The zero-order valence-electron chi connectivity index (χ0n) is 15.3. The van der Waals surface area contributed by atoms with E-state index in [1.807, 2.05) is 0 Å². The minimum absolute atomic E-state index is 0.0467. The number of methoxy groups -OCH3 is 1. The molecule has 11 heteroatoms. The molecule has 0 saturated carbocycles. The first kappa shape index (κ1) is 19.6. The molecule has 0 atom stereocenters. The molecule has 0 saturated heterocycles. The van der Waals surface area contributed by atoms with Gasteiger partial charge in [0.15, 0.2) is 28.7 Å². The lowest BCUT2D eigenvalue weighted by Gasteiger charge is -2.10. The Bertz CT molecular complexity index is 1360. The molecule has 152 valence electrons. The van der Waals surface area contributed by atoms with Crippen LogP contribution in [0.15, 0.2) is 45.7 Å². The summed E-state index contributed by atoms with van der Waals surface area (Å²) in [7, 11) is 1.38. The van der Waals surface area contributed by atoms with Crippen LogP contribution >= 0.6 is 15.9 Å². The molecule has 0 fully saturated rings. The number of halogens is 2. The van der Waals surface area contributed by atoms with Crippen molar-refractivity contribution in [3.8, 4) is 28.6 Å². The molecule has 0 spiro atoms. The molecule has 4 rings (SSSR count). The number of imidazole rings is 1. The van der Waals surface area contributed by atoms with Gasteiger partial charge in [-0.05, 0) is 52.3 Å². The number of phenols is 1. The SMILES string of the molecule is COc1cc(-c2nc(C(N)=O)c3[nH]c(=O)n(-c4ccc(F)cc4)c3n2)cc(Br)c1O. The Morgan fingerprint density at radius 1 is 1.27 bits per heavy atom. The third kappa shape index (κ3) is 3.18. The number of hydrogen-bond donors (Lipinski definition) is 3. The first-order valence-electron chi connectivity index (χ1n) is 8.45. The maximum atomic E-state index is 13.3. The molecule has 30 heavy (non-hydrogen) atoms. The number of aromatic nitrogens is 4. The fourth-order valence-electron chi connectivity index (χ4n) is 2.98. The van der Waals surface area contributed by atoms with Gasteiger partial charge in [-0.1, -0.05) is 0 Å². The average Bonchev–Trinajstić information content (AvgIpc) is 3.05. The fraction of sp³-hybridized carbons (Fsp3) is 0.0526. The van der Waals surface area contributed by atoms with Gasteiger partial charge in [0.05, 0.1) is 17.3 Å². The average molecular weight is 474 g/mol. The quantitative estimate of drug-likeness (QED) is 0.416. The number of amides is 1. The maximum absolute atomic E-state index is 13.3. The summed E-state index contributed by atoms with van der Waals surface area (Å²) < 4.78 is 19.9. The van der Waals surface area contributed by atoms with Gasteiger partial charge in [-0.25, -0.2) is 23.7 Å². The van der Waals surface area contributed by atoms with Crippen molar-refractivity contribution in [3.05, 3.63) is 62.9 Å². The van der Waals surface area contributed by atoms with Gasteiger partial charge < -0.3 is 20.6 Å². The molecule has 0 aliphatic carbocycles. The van der Waals surface area contributed by atoms with Crippen LogP contribution in [-0.4, -0.2) is 37.6 Å². The van der Waals surface area contributed by atoms with Crippen LogP contribution in [0.25, 0.3) is 28.2 Å². The molecular formula is C19H13BrFN5O4. The first-order chi connectivity index (χ1) is 14.3. The van der Waals surface area contributed by atoms with E-state index >= 15 is 0 Å². The second-order valence-electron chi connectivity index (χ2n) is 6.21. The summed E-state index contributed by atoms with van der Waals surface area (Å²) in [6, 6.07) is 8.18. The molecule has 2 aromatic carbocycles. The van der Waals surface area contributed by atoms with Gasteiger partial charge in [0.25, 0.3) is 5.91 Å². The number of carbonyl (C=O) groups is 1. The van der Waals surface area contributed by atoms with E-state index in [0.717, 1.165) is 0 Å². The van der Waals surface area contributed by atoms with Crippen molar-refractivity contribution in [3.63, 3.8) is 0 Å². The largest absolute Gasteiger partial charge is 0.503 e. The summed E-state index contributed by atoms with van der Waals surface area (Å²) >= 11 is 3.22. The number of aromatic hydroxyl groups is 1. The molecule has 2 aromatic heterocycles. The van der Waals surface area contributed by atoms with E-state index in [1.165, 1.54) is 48.1 Å². The topological polar surface area (TPSA) is 136 Å². The molecule has 4 N–H and O–H groups in total.